The van der Waals surface area contributed by atoms with Crippen LogP contribution in [0.2, 0.25) is 0 Å². The maximum absolute atomic E-state index is 13.6. The summed E-state index contributed by atoms with van der Waals surface area (Å²) in [6, 6.07) is 0. The highest BCUT2D eigenvalue weighted by Gasteiger charge is 3.00. The van der Waals surface area contributed by atoms with E-state index in [1.807, 2.05) is 0 Å². The molecule has 0 bridgehead atoms. The standard InChI is InChI=1S/C14HClF26O2/c15-14(40,41)13(38,39)12(36,37)11(34,35)10(32,33)9(30,31)8(28,29)7(26,27)6(24,25)5(22,23)4(20,21)3(18,19)2(16,17)1(42)43/h(H,42,43). The van der Waals surface area contributed by atoms with Crippen LogP contribution >= 0.6 is 11.6 Å². The fourth-order valence-electron chi connectivity index (χ4n) is 2.28. The van der Waals surface area contributed by atoms with E-state index in [0.29, 0.717) is 0 Å². The molecule has 0 saturated heterocycles. The van der Waals surface area contributed by atoms with Crippen LogP contribution < -0.4 is 0 Å². The lowest BCUT2D eigenvalue weighted by Crippen LogP contribution is -2.79. The molecule has 2 nitrogen and oxygen atoms in total. The molecule has 0 aromatic carbocycles. The van der Waals surface area contributed by atoms with Crippen LogP contribution in [0.5, 0.6) is 0 Å². The van der Waals surface area contributed by atoms with Crippen molar-refractivity contribution in [1.82, 2.24) is 0 Å². The Bertz CT molecular complexity index is 1070. The number of hydrogen-bond donors (Lipinski definition) is 1. The van der Waals surface area contributed by atoms with E-state index in [0.717, 1.165) is 0 Å². The molecule has 258 valence electrons. The summed E-state index contributed by atoms with van der Waals surface area (Å²) in [6.45, 7) is 0. The topological polar surface area (TPSA) is 37.3 Å². The molecule has 0 aromatic heterocycles. The minimum atomic E-state index is -9.80. The van der Waals surface area contributed by atoms with E-state index < -0.39 is 82.4 Å². The Morgan fingerprint density at radius 1 is 0.326 bits per heavy atom. The Hall–Kier alpha value is -2.06. The number of carboxylic acids is 1. The number of halogens is 27. The van der Waals surface area contributed by atoms with Crippen LogP contribution in [-0.4, -0.2) is 87.5 Å². The lowest BCUT2D eigenvalue weighted by Gasteiger charge is -2.46. The Morgan fingerprint density at radius 3 is 0.605 bits per heavy atom. The summed E-state index contributed by atoms with van der Waals surface area (Å²) in [5.74, 6) is -115. The van der Waals surface area contributed by atoms with Crippen molar-refractivity contribution >= 4 is 17.6 Å². The lowest BCUT2D eigenvalue weighted by atomic mass is 9.84. The highest BCUT2D eigenvalue weighted by atomic mass is 35.5. The van der Waals surface area contributed by atoms with Gasteiger partial charge < -0.3 is 5.11 Å². The summed E-state index contributed by atoms with van der Waals surface area (Å²) in [6.07, 6.45) is 0. The molecule has 0 spiro atoms. The molecule has 0 aromatic rings. The Kier molecular flexibility index (Phi) is 9.25. The second-order valence-corrected chi connectivity index (χ2v) is 8.17. The van der Waals surface area contributed by atoms with Crippen molar-refractivity contribution in [2.75, 3.05) is 0 Å². The summed E-state index contributed by atoms with van der Waals surface area (Å²) in [4.78, 5) is 9.91. The van der Waals surface area contributed by atoms with Crippen LogP contribution in [0, 0.1) is 0 Å². The Morgan fingerprint density at radius 2 is 0.465 bits per heavy atom. The lowest BCUT2D eigenvalue weighted by molar-refractivity contribution is -0.480. The van der Waals surface area contributed by atoms with Gasteiger partial charge in [0.2, 0.25) is 0 Å². The molecular formula is C14HClF26O2. The molecule has 0 amide bonds. The third-order valence-corrected chi connectivity index (χ3v) is 5.20. The van der Waals surface area contributed by atoms with Gasteiger partial charge in [0, 0.05) is 0 Å². The minimum Gasteiger partial charge on any atom is -0.477 e. The molecule has 0 aliphatic rings. The average molecular weight is 731 g/mol. The summed E-state index contributed by atoms with van der Waals surface area (Å²) < 4.78 is 345. The van der Waals surface area contributed by atoms with E-state index in [4.69, 9.17) is 5.11 Å². The summed E-state index contributed by atoms with van der Waals surface area (Å²) >= 11 is 3.18. The number of alkyl halides is 27. The van der Waals surface area contributed by atoms with Gasteiger partial charge in [-0.25, -0.2) is 4.79 Å². The second kappa shape index (κ2) is 9.72. The highest BCUT2D eigenvalue weighted by molar-refractivity contribution is 6.22. The van der Waals surface area contributed by atoms with Gasteiger partial charge in [-0.1, -0.05) is 0 Å². The molecule has 0 radical (unpaired) electrons. The normalized spacial score (nSPS) is 16.9. The molecule has 1 N–H and O–H groups in total. The maximum Gasteiger partial charge on any atom is 0.410 e. The van der Waals surface area contributed by atoms with Crippen molar-refractivity contribution < 1.29 is 124 Å². The van der Waals surface area contributed by atoms with Crippen molar-refractivity contribution in [2.45, 2.75) is 76.5 Å². The van der Waals surface area contributed by atoms with E-state index in [2.05, 4.69) is 11.6 Å². The molecular weight excluding hydrogens is 730 g/mol. The SMILES string of the molecule is O=C(O)C(F)(F)C(F)(F)C(F)(F)C(F)(F)C(F)(F)C(F)(F)C(F)(F)C(F)(F)C(F)(F)C(F)(F)C(F)(F)C(F)(F)C(F)(F)Cl. The summed E-state index contributed by atoms with van der Waals surface area (Å²) in [7, 11) is 0. The average Bonchev–Trinajstić information content (AvgIpc) is 2.76. The third kappa shape index (κ3) is 4.59. The summed E-state index contributed by atoms with van der Waals surface area (Å²) in [5.41, 5.74) is 0. The van der Waals surface area contributed by atoms with Gasteiger partial charge >= 0.3 is 82.4 Å². The van der Waals surface area contributed by atoms with Crippen molar-refractivity contribution in [1.29, 1.82) is 0 Å². The number of carboxylic acid groups (broad SMARTS) is 1. The largest absolute Gasteiger partial charge is 0.477 e. The molecule has 0 fully saturated rings. The van der Waals surface area contributed by atoms with Crippen molar-refractivity contribution in [3.05, 3.63) is 0 Å². The van der Waals surface area contributed by atoms with E-state index in [1.54, 1.807) is 0 Å². The molecule has 0 unspecified atom stereocenters. The fourth-order valence-corrected chi connectivity index (χ4v) is 2.40. The number of rotatable bonds is 13. The first kappa shape index (κ1) is 40.9. The van der Waals surface area contributed by atoms with Crippen LogP contribution in [0.3, 0.4) is 0 Å². The van der Waals surface area contributed by atoms with Crippen LogP contribution in [0.1, 0.15) is 0 Å². The first-order valence-electron chi connectivity index (χ1n) is 8.78. The zero-order chi connectivity index (χ0) is 36.1. The maximum atomic E-state index is 13.6. The van der Waals surface area contributed by atoms with Gasteiger partial charge in [-0.15, -0.1) is 0 Å². The molecule has 0 saturated carbocycles. The molecule has 0 atom stereocenters. The number of carbonyl (C=O) groups is 1. The zero-order valence-electron chi connectivity index (χ0n) is 18.1. The minimum absolute atomic E-state index is 3.18. The van der Waals surface area contributed by atoms with E-state index >= 15 is 0 Å². The predicted octanol–water partition coefficient (Wildman–Crippen LogP) is 8.53. The van der Waals surface area contributed by atoms with Crippen molar-refractivity contribution in [2.24, 2.45) is 0 Å². The van der Waals surface area contributed by atoms with Crippen LogP contribution in [-0.2, 0) is 4.79 Å². The predicted molar refractivity (Wildman–Crippen MR) is 77.8 cm³/mol. The first-order chi connectivity index (χ1) is 17.9. The molecule has 0 heterocycles. The number of hydrogen-bond acceptors (Lipinski definition) is 1. The van der Waals surface area contributed by atoms with Gasteiger partial charge in [-0.05, 0) is 11.6 Å². The van der Waals surface area contributed by atoms with E-state index in [9.17, 15) is 119 Å². The van der Waals surface area contributed by atoms with E-state index in [-0.39, 0.29) is 0 Å². The number of aliphatic carboxylic acids is 1. The Balaban J connectivity index is 7.49. The fraction of sp³-hybridized carbons (Fsp3) is 0.929. The van der Waals surface area contributed by atoms with Crippen molar-refractivity contribution in [3.8, 4) is 0 Å². The molecule has 0 rings (SSSR count). The molecule has 29 heteroatoms. The van der Waals surface area contributed by atoms with Gasteiger partial charge in [0.1, 0.15) is 0 Å². The van der Waals surface area contributed by atoms with Crippen LogP contribution in [0.4, 0.5) is 114 Å². The van der Waals surface area contributed by atoms with Crippen molar-refractivity contribution in [3.63, 3.8) is 0 Å². The van der Waals surface area contributed by atoms with E-state index in [1.165, 1.54) is 0 Å². The Labute approximate surface area is 219 Å². The highest BCUT2D eigenvalue weighted by Crippen LogP contribution is 2.68. The summed E-state index contributed by atoms with van der Waals surface area (Å²) in [5, 5.41) is 0.366. The molecule has 43 heavy (non-hydrogen) atoms. The van der Waals surface area contributed by atoms with Gasteiger partial charge in [0.25, 0.3) is 0 Å². The first-order valence-corrected chi connectivity index (χ1v) is 9.16. The van der Waals surface area contributed by atoms with Gasteiger partial charge in [0.05, 0.1) is 0 Å². The van der Waals surface area contributed by atoms with Gasteiger partial charge in [0.15, 0.2) is 0 Å². The smallest absolute Gasteiger partial charge is 0.410 e. The van der Waals surface area contributed by atoms with Crippen LogP contribution in [0.25, 0.3) is 0 Å². The third-order valence-electron chi connectivity index (χ3n) is 4.96. The zero-order valence-corrected chi connectivity index (χ0v) is 18.8. The second-order valence-electron chi connectivity index (χ2n) is 7.70. The molecule has 0 aliphatic carbocycles. The monoisotopic (exact) mass is 730 g/mol. The molecule has 0 aliphatic heterocycles. The van der Waals surface area contributed by atoms with Crippen LogP contribution in [0.15, 0.2) is 0 Å². The van der Waals surface area contributed by atoms with Gasteiger partial charge in [-0.2, -0.15) is 114 Å². The van der Waals surface area contributed by atoms with Gasteiger partial charge in [-0.3, -0.25) is 0 Å². The quantitative estimate of drug-likeness (QED) is 0.153.